The molecule has 9 nitrogen and oxygen atoms in total. The van der Waals surface area contributed by atoms with Crippen molar-refractivity contribution in [2.75, 3.05) is 29.5 Å². The zero-order valence-electron chi connectivity index (χ0n) is 14.4. The summed E-state index contributed by atoms with van der Waals surface area (Å²) < 4.78 is 30.1. The molecule has 144 valence electrons. The molecule has 0 unspecified atom stereocenters. The molecule has 0 aromatic heterocycles. The van der Waals surface area contributed by atoms with E-state index < -0.39 is 27.4 Å². The molecule has 0 aliphatic rings. The first-order valence-electron chi connectivity index (χ1n) is 7.48. The third kappa shape index (κ3) is 5.08. The van der Waals surface area contributed by atoms with Crippen LogP contribution in [0.15, 0.2) is 42.5 Å². The van der Waals surface area contributed by atoms with Gasteiger partial charge in [-0.2, -0.15) is 0 Å². The van der Waals surface area contributed by atoms with Gasteiger partial charge in [0.1, 0.15) is 12.3 Å². The van der Waals surface area contributed by atoms with Gasteiger partial charge in [-0.15, -0.1) is 0 Å². The summed E-state index contributed by atoms with van der Waals surface area (Å²) in [7, 11) is -2.48. The molecule has 1 amide bonds. The number of nitro groups is 1. The number of methoxy groups -OCH3 is 1. The van der Waals surface area contributed by atoms with Gasteiger partial charge in [-0.3, -0.25) is 19.2 Å². The van der Waals surface area contributed by atoms with E-state index in [1.165, 1.54) is 31.4 Å². The Morgan fingerprint density at radius 3 is 2.52 bits per heavy atom. The number of amides is 1. The number of rotatable bonds is 7. The van der Waals surface area contributed by atoms with Crippen LogP contribution >= 0.6 is 11.6 Å². The van der Waals surface area contributed by atoms with E-state index >= 15 is 0 Å². The lowest BCUT2D eigenvalue weighted by molar-refractivity contribution is -0.384. The van der Waals surface area contributed by atoms with Gasteiger partial charge >= 0.3 is 0 Å². The SMILES string of the molecule is COc1ccc([N+](=O)[O-])cc1NC(=O)CN(c1ccccc1Cl)S(C)(=O)=O. The predicted octanol–water partition coefficient (Wildman–Crippen LogP) is 2.66. The molecule has 11 heteroatoms. The number of para-hydroxylation sites is 1. The van der Waals surface area contributed by atoms with Crippen molar-refractivity contribution < 1.29 is 22.9 Å². The average molecular weight is 414 g/mol. The Labute approximate surface area is 160 Å². The van der Waals surface area contributed by atoms with Crippen LogP contribution < -0.4 is 14.4 Å². The Morgan fingerprint density at radius 2 is 1.96 bits per heavy atom. The van der Waals surface area contributed by atoms with Crippen LogP contribution in [0.25, 0.3) is 0 Å². The fourth-order valence-corrected chi connectivity index (χ4v) is 3.42. The lowest BCUT2D eigenvalue weighted by atomic mass is 10.2. The quantitative estimate of drug-likeness (QED) is 0.550. The second kappa shape index (κ2) is 8.23. The van der Waals surface area contributed by atoms with Crippen molar-refractivity contribution in [1.82, 2.24) is 0 Å². The van der Waals surface area contributed by atoms with Crippen molar-refractivity contribution in [2.45, 2.75) is 0 Å². The second-order valence-corrected chi connectivity index (χ2v) is 7.72. The predicted molar refractivity (Wildman–Crippen MR) is 102 cm³/mol. The molecule has 0 saturated carbocycles. The molecule has 2 aromatic carbocycles. The third-order valence-corrected chi connectivity index (χ3v) is 4.92. The highest BCUT2D eigenvalue weighted by molar-refractivity contribution is 7.92. The highest BCUT2D eigenvalue weighted by Crippen LogP contribution is 2.30. The van der Waals surface area contributed by atoms with Crippen LogP contribution in [0.1, 0.15) is 0 Å². The van der Waals surface area contributed by atoms with E-state index in [4.69, 9.17) is 16.3 Å². The van der Waals surface area contributed by atoms with E-state index in [-0.39, 0.29) is 27.8 Å². The minimum Gasteiger partial charge on any atom is -0.495 e. The molecule has 1 N–H and O–H groups in total. The average Bonchev–Trinajstić information content (AvgIpc) is 2.59. The number of carbonyl (C=O) groups is 1. The fraction of sp³-hybridized carbons (Fsp3) is 0.188. The van der Waals surface area contributed by atoms with Crippen LogP contribution in [0.4, 0.5) is 17.1 Å². The van der Waals surface area contributed by atoms with Gasteiger partial charge in [-0.05, 0) is 18.2 Å². The highest BCUT2D eigenvalue weighted by atomic mass is 35.5. The summed E-state index contributed by atoms with van der Waals surface area (Å²) in [6.45, 7) is -0.575. The van der Waals surface area contributed by atoms with E-state index in [2.05, 4.69) is 5.32 Å². The minimum absolute atomic E-state index is 0.0457. The van der Waals surface area contributed by atoms with Gasteiger partial charge in [0.15, 0.2) is 0 Å². The molecule has 0 spiro atoms. The van der Waals surface area contributed by atoms with Gasteiger partial charge in [0, 0.05) is 12.1 Å². The Morgan fingerprint density at radius 1 is 1.30 bits per heavy atom. The summed E-state index contributed by atoms with van der Waals surface area (Å²) >= 11 is 6.04. The van der Waals surface area contributed by atoms with Crippen LogP contribution in [0, 0.1) is 10.1 Å². The number of ether oxygens (including phenoxy) is 1. The number of nitrogens with one attached hydrogen (secondary N) is 1. The number of anilines is 2. The van der Waals surface area contributed by atoms with E-state index in [0.717, 1.165) is 16.6 Å². The number of hydrogen-bond acceptors (Lipinski definition) is 6. The molecule has 2 rings (SSSR count). The number of carbonyl (C=O) groups excluding carboxylic acids is 1. The van der Waals surface area contributed by atoms with Gasteiger partial charge in [0.25, 0.3) is 5.69 Å². The molecular formula is C16H16ClN3O6S. The number of hydrogen-bond donors (Lipinski definition) is 1. The monoisotopic (exact) mass is 413 g/mol. The van der Waals surface area contributed by atoms with Crippen molar-refractivity contribution in [1.29, 1.82) is 0 Å². The maximum Gasteiger partial charge on any atom is 0.271 e. The summed E-state index contributed by atoms with van der Waals surface area (Å²) in [5.74, 6) is -0.531. The third-order valence-electron chi connectivity index (χ3n) is 3.48. The van der Waals surface area contributed by atoms with Crippen molar-refractivity contribution in [3.8, 4) is 5.75 Å². The van der Waals surface area contributed by atoms with Crippen molar-refractivity contribution in [3.63, 3.8) is 0 Å². The van der Waals surface area contributed by atoms with Gasteiger partial charge in [-0.25, -0.2) is 8.42 Å². The number of benzene rings is 2. The number of nitro benzene ring substituents is 1. The molecule has 0 saturated heterocycles. The van der Waals surface area contributed by atoms with Crippen molar-refractivity contribution >= 4 is 44.6 Å². The largest absolute Gasteiger partial charge is 0.495 e. The summed E-state index contributed by atoms with van der Waals surface area (Å²) in [5, 5.41) is 13.5. The van der Waals surface area contributed by atoms with E-state index in [1.54, 1.807) is 12.1 Å². The number of sulfonamides is 1. The van der Waals surface area contributed by atoms with Gasteiger partial charge in [-0.1, -0.05) is 23.7 Å². The summed E-state index contributed by atoms with van der Waals surface area (Å²) in [6, 6.07) is 9.84. The smallest absolute Gasteiger partial charge is 0.271 e. The molecule has 27 heavy (non-hydrogen) atoms. The summed E-state index contributed by atoms with van der Waals surface area (Å²) in [6.07, 6.45) is 0.942. The Bertz CT molecular complexity index is 980. The molecular weight excluding hydrogens is 398 g/mol. The van der Waals surface area contributed by atoms with Crippen LogP contribution in [0.3, 0.4) is 0 Å². The molecule has 0 atom stereocenters. The van der Waals surface area contributed by atoms with Crippen LogP contribution in [0.5, 0.6) is 5.75 Å². The normalized spacial score (nSPS) is 10.9. The lowest BCUT2D eigenvalue weighted by Crippen LogP contribution is -2.37. The van der Waals surface area contributed by atoms with Crippen LogP contribution in [0.2, 0.25) is 5.02 Å². The molecule has 0 fully saturated rings. The molecule has 2 aromatic rings. The molecule has 0 aliphatic carbocycles. The maximum absolute atomic E-state index is 12.4. The fourth-order valence-electron chi connectivity index (χ4n) is 2.26. The zero-order chi connectivity index (χ0) is 20.2. The van der Waals surface area contributed by atoms with Crippen molar-refractivity contribution in [3.05, 3.63) is 57.6 Å². The molecule has 0 bridgehead atoms. The molecule has 0 radical (unpaired) electrons. The summed E-state index contributed by atoms with van der Waals surface area (Å²) in [5.41, 5.74) is -0.0655. The number of non-ortho nitro benzene ring substituents is 1. The second-order valence-electron chi connectivity index (χ2n) is 5.41. The first-order valence-corrected chi connectivity index (χ1v) is 9.70. The van der Waals surface area contributed by atoms with E-state index in [1.807, 2.05) is 0 Å². The zero-order valence-corrected chi connectivity index (χ0v) is 16.0. The maximum atomic E-state index is 12.4. The minimum atomic E-state index is -3.82. The van der Waals surface area contributed by atoms with Crippen LogP contribution in [-0.4, -0.2) is 39.2 Å². The van der Waals surface area contributed by atoms with Gasteiger partial charge in [0.05, 0.1) is 34.7 Å². The first-order chi connectivity index (χ1) is 12.6. The Kier molecular flexibility index (Phi) is 6.24. The van der Waals surface area contributed by atoms with Crippen LogP contribution in [-0.2, 0) is 14.8 Å². The first kappa shape index (κ1) is 20.5. The number of nitrogens with zero attached hydrogens (tertiary/aromatic N) is 2. The lowest BCUT2D eigenvalue weighted by Gasteiger charge is -2.23. The van der Waals surface area contributed by atoms with Gasteiger partial charge in [0.2, 0.25) is 15.9 Å². The molecule has 0 aliphatic heterocycles. The highest BCUT2D eigenvalue weighted by Gasteiger charge is 2.23. The van der Waals surface area contributed by atoms with E-state index in [0.29, 0.717) is 0 Å². The van der Waals surface area contributed by atoms with E-state index in [9.17, 15) is 23.3 Å². The topological polar surface area (TPSA) is 119 Å². The van der Waals surface area contributed by atoms with Crippen molar-refractivity contribution in [2.24, 2.45) is 0 Å². The standard InChI is InChI=1S/C16H16ClN3O6S/c1-26-15-8-7-11(20(22)23)9-13(15)18-16(21)10-19(27(2,24)25)14-6-4-3-5-12(14)17/h3-9H,10H2,1-2H3,(H,18,21). The Hall–Kier alpha value is -2.85. The Balaban J connectivity index is 2.31. The summed E-state index contributed by atoms with van der Waals surface area (Å²) in [4.78, 5) is 22.7. The molecule has 0 heterocycles. The number of halogens is 1. The van der Waals surface area contributed by atoms with Gasteiger partial charge < -0.3 is 10.1 Å².